The molecule has 0 radical (unpaired) electrons. The van der Waals surface area contributed by atoms with Crippen molar-refractivity contribution < 1.29 is 13.6 Å². The van der Waals surface area contributed by atoms with Crippen LogP contribution in [0.15, 0.2) is 45.3 Å². The summed E-state index contributed by atoms with van der Waals surface area (Å²) in [6, 6.07) is 7.85. The van der Waals surface area contributed by atoms with E-state index >= 15 is 0 Å². The predicted octanol–water partition coefficient (Wildman–Crippen LogP) is 4.39. The van der Waals surface area contributed by atoms with Gasteiger partial charge in [0.15, 0.2) is 5.76 Å². The molecule has 1 aromatic carbocycles. The molecule has 0 bridgehead atoms. The number of benzene rings is 1. The van der Waals surface area contributed by atoms with Crippen molar-refractivity contribution in [3.05, 3.63) is 63.8 Å². The topological polar surface area (TPSA) is 30.2 Å². The molecule has 0 saturated carbocycles. The fraction of sp³-hybridized carbons (Fsp3) is 0.0714. The van der Waals surface area contributed by atoms with E-state index in [1.807, 2.05) is 0 Å². The predicted molar refractivity (Wildman–Crippen MR) is 70.9 cm³/mol. The number of halogens is 2. The van der Waals surface area contributed by atoms with E-state index in [0.717, 1.165) is 4.47 Å². The van der Waals surface area contributed by atoms with Crippen LogP contribution in [-0.2, 0) is 0 Å². The highest BCUT2D eigenvalue weighted by atomic mass is 79.9. The number of carbonyl (C=O) groups is 1. The van der Waals surface area contributed by atoms with E-state index in [4.69, 9.17) is 4.42 Å². The van der Waals surface area contributed by atoms with Crippen molar-refractivity contribution in [2.75, 3.05) is 0 Å². The molecule has 0 aliphatic heterocycles. The van der Waals surface area contributed by atoms with Gasteiger partial charge in [0.1, 0.15) is 11.6 Å². The van der Waals surface area contributed by atoms with Crippen molar-refractivity contribution in [2.24, 2.45) is 0 Å². The van der Waals surface area contributed by atoms with E-state index in [1.165, 1.54) is 18.2 Å². The number of rotatable bonds is 3. The first-order valence-electron chi connectivity index (χ1n) is 5.30. The maximum atomic E-state index is 13.4. The zero-order valence-corrected chi connectivity index (χ0v) is 11.2. The van der Waals surface area contributed by atoms with Crippen LogP contribution in [0, 0.1) is 12.7 Å². The molecule has 0 amide bonds. The van der Waals surface area contributed by atoms with Gasteiger partial charge in [-0.1, -0.05) is 15.9 Å². The summed E-state index contributed by atoms with van der Waals surface area (Å²) >= 11 is 3.25. The fourth-order valence-corrected chi connectivity index (χ4v) is 1.84. The molecule has 18 heavy (non-hydrogen) atoms. The van der Waals surface area contributed by atoms with Crippen molar-refractivity contribution >= 4 is 27.8 Å². The van der Waals surface area contributed by atoms with Crippen LogP contribution in [0.1, 0.15) is 21.9 Å². The van der Waals surface area contributed by atoms with E-state index in [9.17, 15) is 9.18 Å². The first kappa shape index (κ1) is 12.8. The number of carbonyl (C=O) groups excluding carboxylic acids is 1. The molecular weight excluding hydrogens is 299 g/mol. The largest absolute Gasteiger partial charge is 0.458 e. The first-order valence-corrected chi connectivity index (χ1v) is 6.09. The second-order valence-electron chi connectivity index (χ2n) is 3.77. The zero-order chi connectivity index (χ0) is 13.1. The van der Waals surface area contributed by atoms with Crippen molar-refractivity contribution in [1.82, 2.24) is 0 Å². The normalized spacial score (nSPS) is 11.1. The van der Waals surface area contributed by atoms with Gasteiger partial charge in [-0.15, -0.1) is 0 Å². The molecule has 2 rings (SSSR count). The number of hydrogen-bond donors (Lipinski definition) is 0. The highest BCUT2D eigenvalue weighted by molar-refractivity contribution is 9.10. The standard InChI is InChI=1S/C14H10BrFO2/c1-9-2-7-14(18-9)13(17)6-3-10-8-11(15)4-5-12(10)16/h2-8H,1H3/b6-3+. The summed E-state index contributed by atoms with van der Waals surface area (Å²) in [5, 5.41) is 0. The molecule has 0 N–H and O–H groups in total. The Balaban J connectivity index is 2.20. The Morgan fingerprint density at radius 1 is 1.33 bits per heavy atom. The van der Waals surface area contributed by atoms with Crippen LogP contribution in [0.4, 0.5) is 4.39 Å². The molecule has 1 aromatic heterocycles. The van der Waals surface area contributed by atoms with Gasteiger partial charge in [-0.25, -0.2) is 4.39 Å². The molecule has 92 valence electrons. The lowest BCUT2D eigenvalue weighted by Crippen LogP contribution is -1.91. The van der Waals surface area contributed by atoms with Gasteiger partial charge in [0.25, 0.3) is 0 Å². The molecule has 2 aromatic rings. The van der Waals surface area contributed by atoms with E-state index < -0.39 is 0 Å². The Morgan fingerprint density at radius 3 is 2.78 bits per heavy atom. The van der Waals surface area contributed by atoms with Gasteiger partial charge < -0.3 is 4.42 Å². The quantitative estimate of drug-likeness (QED) is 0.622. The Morgan fingerprint density at radius 2 is 2.11 bits per heavy atom. The molecule has 0 aliphatic rings. The number of ketones is 1. The molecule has 0 aliphatic carbocycles. The van der Waals surface area contributed by atoms with Gasteiger partial charge in [0, 0.05) is 10.0 Å². The average Bonchev–Trinajstić information content (AvgIpc) is 2.77. The molecule has 0 unspecified atom stereocenters. The van der Waals surface area contributed by atoms with E-state index in [2.05, 4.69) is 15.9 Å². The summed E-state index contributed by atoms with van der Waals surface area (Å²) < 4.78 is 19.4. The number of aryl methyl sites for hydroxylation is 1. The lowest BCUT2D eigenvalue weighted by Gasteiger charge is -1.97. The molecular formula is C14H10BrFO2. The lowest BCUT2D eigenvalue weighted by molar-refractivity contribution is 0.102. The smallest absolute Gasteiger partial charge is 0.221 e. The molecule has 0 atom stereocenters. The van der Waals surface area contributed by atoms with Crippen LogP contribution in [0.3, 0.4) is 0 Å². The average molecular weight is 309 g/mol. The summed E-state index contributed by atoms with van der Waals surface area (Å²) in [6.07, 6.45) is 2.73. The van der Waals surface area contributed by atoms with E-state index in [1.54, 1.807) is 31.2 Å². The van der Waals surface area contributed by atoms with Crippen molar-refractivity contribution in [1.29, 1.82) is 0 Å². The van der Waals surface area contributed by atoms with Crippen LogP contribution < -0.4 is 0 Å². The summed E-state index contributed by atoms with van der Waals surface area (Å²) in [4.78, 5) is 11.7. The summed E-state index contributed by atoms with van der Waals surface area (Å²) in [6.45, 7) is 1.76. The van der Waals surface area contributed by atoms with Crippen LogP contribution in [0.2, 0.25) is 0 Å². The third-order valence-electron chi connectivity index (χ3n) is 2.36. The molecule has 2 nitrogen and oxygen atoms in total. The lowest BCUT2D eigenvalue weighted by atomic mass is 10.1. The minimum atomic E-state index is -0.377. The SMILES string of the molecule is Cc1ccc(C(=O)/C=C/c2cc(Br)ccc2F)o1. The number of allylic oxidation sites excluding steroid dienone is 1. The molecule has 0 spiro atoms. The zero-order valence-electron chi connectivity index (χ0n) is 9.61. The third kappa shape index (κ3) is 2.96. The summed E-state index contributed by atoms with van der Waals surface area (Å²) in [5.74, 6) is 0.250. The van der Waals surface area contributed by atoms with Crippen LogP contribution in [-0.4, -0.2) is 5.78 Å². The van der Waals surface area contributed by atoms with Crippen molar-refractivity contribution in [3.63, 3.8) is 0 Å². The Hall–Kier alpha value is -1.68. The van der Waals surface area contributed by atoms with Gasteiger partial charge >= 0.3 is 0 Å². The second-order valence-corrected chi connectivity index (χ2v) is 4.69. The van der Waals surface area contributed by atoms with Gasteiger partial charge in [-0.05, 0) is 49.4 Å². The van der Waals surface area contributed by atoms with Crippen LogP contribution in [0.5, 0.6) is 0 Å². The van der Waals surface area contributed by atoms with Gasteiger partial charge in [-0.3, -0.25) is 4.79 Å². The molecule has 1 heterocycles. The third-order valence-corrected chi connectivity index (χ3v) is 2.85. The maximum Gasteiger partial charge on any atom is 0.221 e. The van der Waals surface area contributed by atoms with Gasteiger partial charge in [0.05, 0.1) is 0 Å². The summed E-state index contributed by atoms with van der Waals surface area (Å²) in [5.41, 5.74) is 0.348. The second kappa shape index (κ2) is 5.31. The van der Waals surface area contributed by atoms with Gasteiger partial charge in [-0.2, -0.15) is 0 Å². The number of furan rings is 1. The maximum absolute atomic E-state index is 13.4. The van der Waals surface area contributed by atoms with Crippen molar-refractivity contribution in [2.45, 2.75) is 6.92 Å². The summed E-state index contributed by atoms with van der Waals surface area (Å²) in [7, 11) is 0. The van der Waals surface area contributed by atoms with E-state index in [0.29, 0.717) is 11.3 Å². The Labute approximate surface area is 112 Å². The Bertz CT molecular complexity index is 614. The Kier molecular flexibility index (Phi) is 3.77. The van der Waals surface area contributed by atoms with Crippen LogP contribution in [0.25, 0.3) is 6.08 Å². The number of hydrogen-bond acceptors (Lipinski definition) is 2. The first-order chi connectivity index (χ1) is 8.56. The fourth-order valence-electron chi connectivity index (χ4n) is 1.46. The highest BCUT2D eigenvalue weighted by Gasteiger charge is 2.06. The molecule has 0 saturated heterocycles. The van der Waals surface area contributed by atoms with Crippen LogP contribution >= 0.6 is 15.9 Å². The highest BCUT2D eigenvalue weighted by Crippen LogP contribution is 2.17. The van der Waals surface area contributed by atoms with E-state index in [-0.39, 0.29) is 17.4 Å². The van der Waals surface area contributed by atoms with Crippen molar-refractivity contribution in [3.8, 4) is 0 Å². The molecule has 0 fully saturated rings. The monoisotopic (exact) mass is 308 g/mol. The van der Waals surface area contributed by atoms with Gasteiger partial charge in [0.2, 0.25) is 5.78 Å². The minimum Gasteiger partial charge on any atom is -0.458 e. The minimum absolute atomic E-state index is 0.249. The molecule has 4 heteroatoms.